The van der Waals surface area contributed by atoms with Crippen LogP contribution in [0.15, 0.2) is 42.5 Å². The van der Waals surface area contributed by atoms with Crippen LogP contribution >= 0.6 is 0 Å². The molecule has 7 heteroatoms. The molecule has 0 aliphatic heterocycles. The number of carbonyl (C=O) groups excluding carboxylic acids is 3. The Morgan fingerprint density at radius 3 is 2.20 bits per heavy atom. The second kappa shape index (κ2) is 11.9. The fourth-order valence-electron chi connectivity index (χ4n) is 3.84. The minimum absolute atomic E-state index is 0.306. The number of hydrogen-bond donors (Lipinski definition) is 2. The molecule has 35 heavy (non-hydrogen) atoms. The predicted octanol–water partition coefficient (Wildman–Crippen LogP) is 5.44. The van der Waals surface area contributed by atoms with Crippen molar-refractivity contribution in [1.82, 2.24) is 10.2 Å². The van der Waals surface area contributed by atoms with Crippen molar-refractivity contribution >= 4 is 23.6 Å². The van der Waals surface area contributed by atoms with E-state index in [1.807, 2.05) is 70.2 Å². The van der Waals surface area contributed by atoms with Crippen LogP contribution < -0.4 is 10.6 Å². The average Bonchev–Trinajstić information content (AvgIpc) is 2.76. The van der Waals surface area contributed by atoms with Gasteiger partial charge in [0.1, 0.15) is 17.7 Å². The van der Waals surface area contributed by atoms with E-state index < -0.39 is 23.8 Å². The molecule has 0 heterocycles. The molecular weight excluding hydrogens is 442 g/mol. The molecule has 0 saturated heterocycles. The fraction of sp³-hybridized carbons (Fsp3) is 0.464. The van der Waals surface area contributed by atoms with E-state index in [0.717, 1.165) is 22.3 Å². The van der Waals surface area contributed by atoms with Gasteiger partial charge in [-0.3, -0.25) is 9.59 Å². The minimum Gasteiger partial charge on any atom is -0.444 e. The van der Waals surface area contributed by atoms with E-state index in [1.165, 1.54) is 0 Å². The van der Waals surface area contributed by atoms with Crippen LogP contribution in [0.5, 0.6) is 0 Å². The van der Waals surface area contributed by atoms with Crippen molar-refractivity contribution in [1.29, 1.82) is 0 Å². The SMILES string of the molecule is CCCN(C(=O)C(C)NC(=O)OC(C)(C)C)C(C(=O)Nc1ccccc1C)c1cccc(C)c1C. The molecule has 0 spiro atoms. The van der Waals surface area contributed by atoms with Gasteiger partial charge in [-0.05, 0) is 83.2 Å². The molecule has 2 unspecified atom stereocenters. The number of aryl methyl sites for hydroxylation is 2. The number of alkyl carbamates (subject to hydrolysis) is 1. The van der Waals surface area contributed by atoms with Gasteiger partial charge in [0.05, 0.1) is 0 Å². The minimum atomic E-state index is -0.879. The van der Waals surface area contributed by atoms with Crippen molar-refractivity contribution in [2.24, 2.45) is 0 Å². The lowest BCUT2D eigenvalue weighted by molar-refractivity contribution is -0.140. The third-order valence-corrected chi connectivity index (χ3v) is 5.76. The molecule has 0 aliphatic rings. The third-order valence-electron chi connectivity index (χ3n) is 5.76. The lowest BCUT2D eigenvalue weighted by Crippen LogP contribution is -2.51. The van der Waals surface area contributed by atoms with Gasteiger partial charge in [-0.15, -0.1) is 0 Å². The third kappa shape index (κ3) is 7.57. The molecular formula is C28H39N3O4. The number of ether oxygens (including phenoxy) is 1. The van der Waals surface area contributed by atoms with Crippen molar-refractivity contribution in [3.8, 4) is 0 Å². The molecule has 0 saturated carbocycles. The molecule has 0 fully saturated rings. The van der Waals surface area contributed by atoms with Gasteiger partial charge in [-0.1, -0.05) is 43.3 Å². The molecule has 2 N–H and O–H groups in total. The molecule has 0 aromatic heterocycles. The highest BCUT2D eigenvalue weighted by molar-refractivity contribution is 5.99. The second-order valence-corrected chi connectivity index (χ2v) is 9.90. The molecule has 2 aromatic carbocycles. The van der Waals surface area contributed by atoms with E-state index in [4.69, 9.17) is 4.74 Å². The number of rotatable bonds is 8. The van der Waals surface area contributed by atoms with Crippen molar-refractivity contribution in [2.45, 2.75) is 79.5 Å². The summed E-state index contributed by atoms with van der Waals surface area (Å²) < 4.78 is 5.32. The Bertz CT molecular complexity index is 1060. The molecule has 0 bridgehead atoms. The normalized spacial score (nSPS) is 12.9. The topological polar surface area (TPSA) is 87.7 Å². The van der Waals surface area contributed by atoms with Crippen LogP contribution in [0.25, 0.3) is 0 Å². The first-order valence-electron chi connectivity index (χ1n) is 12.1. The van der Waals surface area contributed by atoms with Crippen LogP contribution in [0, 0.1) is 20.8 Å². The first-order chi connectivity index (χ1) is 16.4. The van der Waals surface area contributed by atoms with Gasteiger partial charge in [0.2, 0.25) is 5.91 Å². The van der Waals surface area contributed by atoms with Crippen LogP contribution in [-0.4, -0.2) is 41.0 Å². The Hall–Kier alpha value is -3.35. The highest BCUT2D eigenvalue weighted by Crippen LogP contribution is 2.29. The van der Waals surface area contributed by atoms with E-state index >= 15 is 0 Å². The molecule has 0 radical (unpaired) electrons. The second-order valence-electron chi connectivity index (χ2n) is 9.90. The van der Waals surface area contributed by atoms with E-state index in [2.05, 4.69) is 10.6 Å². The van der Waals surface area contributed by atoms with Gasteiger partial charge in [0, 0.05) is 12.2 Å². The number of anilines is 1. The van der Waals surface area contributed by atoms with Gasteiger partial charge in [0.15, 0.2) is 0 Å². The zero-order valence-corrected chi connectivity index (χ0v) is 22.2. The molecule has 7 nitrogen and oxygen atoms in total. The number of nitrogens with zero attached hydrogens (tertiary/aromatic N) is 1. The van der Waals surface area contributed by atoms with Crippen LogP contribution in [0.4, 0.5) is 10.5 Å². The van der Waals surface area contributed by atoms with Crippen LogP contribution in [-0.2, 0) is 14.3 Å². The molecule has 3 amide bonds. The van der Waals surface area contributed by atoms with Crippen LogP contribution in [0.1, 0.15) is 69.3 Å². The maximum absolute atomic E-state index is 13.8. The first kappa shape index (κ1) is 27.9. The summed E-state index contributed by atoms with van der Waals surface area (Å²) in [6.45, 7) is 15.0. The maximum atomic E-state index is 13.8. The zero-order chi connectivity index (χ0) is 26.3. The Morgan fingerprint density at radius 1 is 0.971 bits per heavy atom. The summed E-state index contributed by atoms with van der Waals surface area (Å²) in [7, 11) is 0. The Balaban J connectivity index is 2.46. The van der Waals surface area contributed by atoms with Gasteiger partial charge in [0.25, 0.3) is 5.91 Å². The van der Waals surface area contributed by atoms with Crippen molar-refractivity contribution < 1.29 is 19.1 Å². The fourth-order valence-corrected chi connectivity index (χ4v) is 3.84. The highest BCUT2D eigenvalue weighted by atomic mass is 16.6. The van der Waals surface area contributed by atoms with Gasteiger partial charge >= 0.3 is 6.09 Å². The summed E-state index contributed by atoms with van der Waals surface area (Å²) in [6, 6.07) is 11.5. The van der Waals surface area contributed by atoms with E-state index in [1.54, 1.807) is 32.6 Å². The van der Waals surface area contributed by atoms with E-state index in [-0.39, 0.29) is 11.8 Å². The quantitative estimate of drug-likeness (QED) is 0.525. The Labute approximate surface area is 209 Å². The monoisotopic (exact) mass is 481 g/mol. The molecule has 190 valence electrons. The number of carbonyl (C=O) groups is 3. The van der Waals surface area contributed by atoms with Crippen molar-refractivity contribution in [3.63, 3.8) is 0 Å². The largest absolute Gasteiger partial charge is 0.444 e. The summed E-state index contributed by atoms with van der Waals surface area (Å²) in [4.78, 5) is 41.3. The van der Waals surface area contributed by atoms with Crippen molar-refractivity contribution in [2.75, 3.05) is 11.9 Å². The Morgan fingerprint density at radius 2 is 1.60 bits per heavy atom. The van der Waals surface area contributed by atoms with Crippen molar-refractivity contribution in [3.05, 3.63) is 64.7 Å². The number of amides is 3. The number of hydrogen-bond acceptors (Lipinski definition) is 4. The molecule has 2 atom stereocenters. The zero-order valence-electron chi connectivity index (χ0n) is 22.2. The Kier molecular flexibility index (Phi) is 9.46. The van der Waals surface area contributed by atoms with E-state index in [0.29, 0.717) is 18.7 Å². The summed E-state index contributed by atoms with van der Waals surface area (Å²) in [6.07, 6.45) is -0.0355. The summed E-state index contributed by atoms with van der Waals surface area (Å²) >= 11 is 0. The molecule has 0 aliphatic carbocycles. The average molecular weight is 482 g/mol. The van der Waals surface area contributed by atoms with Gasteiger partial charge in [-0.25, -0.2) is 4.79 Å². The van der Waals surface area contributed by atoms with E-state index in [9.17, 15) is 14.4 Å². The first-order valence-corrected chi connectivity index (χ1v) is 12.1. The summed E-state index contributed by atoms with van der Waals surface area (Å²) in [5, 5.41) is 5.64. The summed E-state index contributed by atoms with van der Waals surface area (Å²) in [5.74, 6) is -0.664. The van der Waals surface area contributed by atoms with Gasteiger partial charge in [-0.2, -0.15) is 0 Å². The van der Waals surface area contributed by atoms with Gasteiger partial charge < -0.3 is 20.3 Å². The highest BCUT2D eigenvalue weighted by Gasteiger charge is 2.35. The summed E-state index contributed by atoms with van der Waals surface area (Å²) in [5.41, 5.74) is 3.65. The number of para-hydroxylation sites is 1. The lowest BCUT2D eigenvalue weighted by atomic mass is 9.95. The molecule has 2 rings (SSSR count). The van der Waals surface area contributed by atoms with Crippen LogP contribution in [0.2, 0.25) is 0 Å². The standard InChI is InChI=1S/C28H39N3O4/c1-9-17-31(26(33)21(5)29-27(34)35-28(6,7)8)24(22-15-12-14-18(2)20(22)4)25(32)30-23-16-11-10-13-19(23)3/h10-16,21,24H,9,17H2,1-8H3,(H,29,34)(H,30,32). The maximum Gasteiger partial charge on any atom is 0.408 e. The number of nitrogens with one attached hydrogen (secondary N) is 2. The molecule has 2 aromatic rings. The van der Waals surface area contributed by atoms with Crippen LogP contribution in [0.3, 0.4) is 0 Å². The lowest BCUT2D eigenvalue weighted by Gasteiger charge is -2.34. The predicted molar refractivity (Wildman–Crippen MR) is 139 cm³/mol. The smallest absolute Gasteiger partial charge is 0.408 e. The number of benzene rings is 2.